The molecule has 72 valence electrons. The largest absolute Gasteiger partial charge is 0.383 e. The van der Waals surface area contributed by atoms with Gasteiger partial charge in [-0.2, -0.15) is 4.37 Å². The van der Waals surface area contributed by atoms with Crippen LogP contribution in [0.25, 0.3) is 0 Å². The fourth-order valence-electron chi connectivity index (χ4n) is 0.728. The van der Waals surface area contributed by atoms with Gasteiger partial charge in [0.15, 0.2) is 4.34 Å². The second-order valence-electron chi connectivity index (χ2n) is 2.19. The zero-order valence-corrected chi connectivity index (χ0v) is 9.93. The Bertz CT molecular complexity index is 432. The van der Waals surface area contributed by atoms with Crippen molar-refractivity contribution in [2.75, 3.05) is 5.73 Å². The summed E-state index contributed by atoms with van der Waals surface area (Å²) in [5, 5.41) is 0.745. The molecule has 8 heteroatoms. The number of nitrogen functional groups attached to an aromatic ring is 1. The lowest BCUT2D eigenvalue weighted by atomic mass is 10.6. The third kappa shape index (κ3) is 2.02. The van der Waals surface area contributed by atoms with Crippen LogP contribution in [0.3, 0.4) is 0 Å². The van der Waals surface area contributed by atoms with Crippen LogP contribution in [0.15, 0.2) is 26.5 Å². The van der Waals surface area contributed by atoms with Crippen molar-refractivity contribution in [3.63, 3.8) is 0 Å². The molecule has 0 saturated heterocycles. The molecule has 0 amide bonds. The standard InChI is InChI=1S/C6H4BrN5S2/c7-3-4(8)9-1-10-5(3)13-6-11-2-12-14-6/h1-2H,(H2,8,9,10). The van der Waals surface area contributed by atoms with Gasteiger partial charge in [-0.15, -0.1) is 0 Å². The summed E-state index contributed by atoms with van der Waals surface area (Å²) in [6.07, 6.45) is 2.93. The maximum Gasteiger partial charge on any atom is 0.176 e. The smallest absolute Gasteiger partial charge is 0.176 e. The number of nitrogens with two attached hydrogens (primary N) is 1. The van der Waals surface area contributed by atoms with Gasteiger partial charge in [-0.1, -0.05) is 0 Å². The molecule has 0 saturated carbocycles. The Balaban J connectivity index is 2.29. The summed E-state index contributed by atoms with van der Waals surface area (Å²) < 4.78 is 5.41. The summed E-state index contributed by atoms with van der Waals surface area (Å²) in [6, 6.07) is 0. The number of hydrogen-bond donors (Lipinski definition) is 1. The van der Waals surface area contributed by atoms with E-state index in [1.54, 1.807) is 0 Å². The highest BCUT2D eigenvalue weighted by Crippen LogP contribution is 2.33. The van der Waals surface area contributed by atoms with E-state index in [9.17, 15) is 0 Å². The Hall–Kier alpha value is -0.730. The normalized spacial score (nSPS) is 10.4. The Labute approximate surface area is 96.5 Å². The van der Waals surface area contributed by atoms with E-state index in [-0.39, 0.29) is 0 Å². The molecule has 5 nitrogen and oxygen atoms in total. The van der Waals surface area contributed by atoms with Crippen molar-refractivity contribution in [1.82, 2.24) is 19.3 Å². The highest BCUT2D eigenvalue weighted by Gasteiger charge is 2.09. The van der Waals surface area contributed by atoms with Crippen molar-refractivity contribution in [3.05, 3.63) is 17.1 Å². The van der Waals surface area contributed by atoms with Crippen molar-refractivity contribution in [2.45, 2.75) is 9.37 Å². The minimum absolute atomic E-state index is 0.423. The molecule has 14 heavy (non-hydrogen) atoms. The highest BCUT2D eigenvalue weighted by molar-refractivity contribution is 9.10. The van der Waals surface area contributed by atoms with Gasteiger partial charge in [0.2, 0.25) is 0 Å². The molecule has 0 radical (unpaired) electrons. The lowest BCUT2D eigenvalue weighted by molar-refractivity contribution is 1.03. The van der Waals surface area contributed by atoms with Crippen LogP contribution in [0.4, 0.5) is 5.82 Å². The summed E-state index contributed by atoms with van der Waals surface area (Å²) in [4.78, 5) is 12.0. The summed E-state index contributed by atoms with van der Waals surface area (Å²) in [5.41, 5.74) is 5.61. The molecule has 0 atom stereocenters. The molecule has 2 aromatic rings. The Morgan fingerprint density at radius 1 is 1.29 bits per heavy atom. The van der Waals surface area contributed by atoms with Crippen LogP contribution >= 0.6 is 39.2 Å². The summed E-state index contributed by atoms with van der Waals surface area (Å²) >= 11 is 6.03. The minimum Gasteiger partial charge on any atom is -0.383 e. The van der Waals surface area contributed by atoms with Gasteiger partial charge in [-0.25, -0.2) is 15.0 Å². The maximum atomic E-state index is 5.61. The number of halogens is 1. The van der Waals surface area contributed by atoms with Gasteiger partial charge in [0.1, 0.15) is 23.5 Å². The Morgan fingerprint density at radius 3 is 2.86 bits per heavy atom. The molecule has 0 aliphatic carbocycles. The topological polar surface area (TPSA) is 77.6 Å². The predicted molar refractivity (Wildman–Crippen MR) is 58.2 cm³/mol. The fraction of sp³-hybridized carbons (Fsp3) is 0. The van der Waals surface area contributed by atoms with Gasteiger partial charge in [-0.05, 0) is 39.2 Å². The second kappa shape index (κ2) is 4.20. The van der Waals surface area contributed by atoms with Crippen LogP contribution in [-0.2, 0) is 0 Å². The molecule has 2 N–H and O–H groups in total. The zero-order valence-electron chi connectivity index (χ0n) is 6.72. The first-order chi connectivity index (χ1) is 6.77. The Kier molecular flexibility index (Phi) is 2.94. The molecule has 0 aliphatic heterocycles. The average molecular weight is 290 g/mol. The number of rotatable bonds is 2. The molecule has 0 unspecified atom stereocenters. The fourth-order valence-corrected chi connectivity index (χ4v) is 2.53. The van der Waals surface area contributed by atoms with Crippen molar-refractivity contribution in [2.24, 2.45) is 0 Å². The van der Waals surface area contributed by atoms with Crippen molar-refractivity contribution in [3.8, 4) is 0 Å². The molecule has 2 heterocycles. The van der Waals surface area contributed by atoms with E-state index < -0.39 is 0 Å². The van der Waals surface area contributed by atoms with E-state index in [4.69, 9.17) is 5.73 Å². The zero-order chi connectivity index (χ0) is 9.97. The van der Waals surface area contributed by atoms with Crippen molar-refractivity contribution < 1.29 is 0 Å². The third-order valence-electron chi connectivity index (χ3n) is 1.31. The van der Waals surface area contributed by atoms with Crippen molar-refractivity contribution in [1.29, 1.82) is 0 Å². The van der Waals surface area contributed by atoms with Crippen LogP contribution < -0.4 is 5.73 Å². The van der Waals surface area contributed by atoms with E-state index in [0.717, 1.165) is 9.37 Å². The van der Waals surface area contributed by atoms with Gasteiger partial charge in [0.25, 0.3) is 0 Å². The lowest BCUT2D eigenvalue weighted by Gasteiger charge is -2.00. The molecule has 0 bridgehead atoms. The van der Waals surface area contributed by atoms with Crippen LogP contribution in [0, 0.1) is 0 Å². The first kappa shape index (κ1) is 9.81. The summed E-state index contributed by atoms with van der Waals surface area (Å²) in [5.74, 6) is 0.423. The number of nitrogens with zero attached hydrogens (tertiary/aromatic N) is 4. The van der Waals surface area contributed by atoms with E-state index in [1.165, 1.54) is 35.9 Å². The predicted octanol–water partition coefficient (Wildman–Crippen LogP) is 1.82. The van der Waals surface area contributed by atoms with Gasteiger partial charge >= 0.3 is 0 Å². The Morgan fingerprint density at radius 2 is 2.14 bits per heavy atom. The molecule has 2 rings (SSSR count). The van der Waals surface area contributed by atoms with Gasteiger partial charge in [0, 0.05) is 0 Å². The van der Waals surface area contributed by atoms with Crippen LogP contribution in [0.5, 0.6) is 0 Å². The highest BCUT2D eigenvalue weighted by atomic mass is 79.9. The summed E-state index contributed by atoms with van der Waals surface area (Å²) in [7, 11) is 0. The van der Waals surface area contributed by atoms with E-state index in [2.05, 4.69) is 35.3 Å². The van der Waals surface area contributed by atoms with E-state index >= 15 is 0 Å². The van der Waals surface area contributed by atoms with Gasteiger partial charge < -0.3 is 5.73 Å². The molecular formula is C6H4BrN5S2. The second-order valence-corrected chi connectivity index (χ2v) is 5.00. The first-order valence-corrected chi connectivity index (χ1v) is 5.86. The number of aromatic nitrogens is 4. The third-order valence-corrected chi connectivity index (χ3v) is 4.07. The lowest BCUT2D eigenvalue weighted by Crippen LogP contribution is -1.94. The molecule has 2 aromatic heterocycles. The van der Waals surface area contributed by atoms with Crippen LogP contribution in [0.2, 0.25) is 0 Å². The van der Waals surface area contributed by atoms with Crippen LogP contribution in [0.1, 0.15) is 0 Å². The van der Waals surface area contributed by atoms with Gasteiger partial charge in [-0.3, -0.25) is 0 Å². The van der Waals surface area contributed by atoms with Crippen LogP contribution in [-0.4, -0.2) is 19.3 Å². The first-order valence-electron chi connectivity index (χ1n) is 3.48. The molecule has 0 aromatic carbocycles. The average Bonchev–Trinajstić information content (AvgIpc) is 2.66. The maximum absolute atomic E-state index is 5.61. The van der Waals surface area contributed by atoms with Gasteiger partial charge in [0.05, 0.1) is 4.47 Å². The molecule has 0 fully saturated rings. The number of anilines is 1. The van der Waals surface area contributed by atoms with E-state index in [0.29, 0.717) is 10.3 Å². The molecule has 0 spiro atoms. The number of hydrogen-bond acceptors (Lipinski definition) is 7. The summed E-state index contributed by atoms with van der Waals surface area (Å²) in [6.45, 7) is 0. The molecular weight excluding hydrogens is 286 g/mol. The SMILES string of the molecule is Nc1ncnc(Sc2ncns2)c1Br. The van der Waals surface area contributed by atoms with Crippen molar-refractivity contribution >= 4 is 45.0 Å². The monoisotopic (exact) mass is 289 g/mol. The minimum atomic E-state index is 0.423. The van der Waals surface area contributed by atoms with E-state index in [1.807, 2.05) is 0 Å². The molecule has 0 aliphatic rings. The quantitative estimate of drug-likeness (QED) is 0.850.